The van der Waals surface area contributed by atoms with Gasteiger partial charge in [-0.15, -0.1) is 0 Å². The molecule has 1 N–H and O–H groups in total. The molecule has 0 aliphatic carbocycles. The highest BCUT2D eigenvalue weighted by atomic mass is 35.5. The molecule has 0 aliphatic rings. The molecule has 0 aromatic carbocycles. The molecule has 2 rings (SSSR count). The van der Waals surface area contributed by atoms with E-state index in [0.717, 1.165) is 0 Å². The predicted molar refractivity (Wildman–Crippen MR) is 74.8 cm³/mol. The van der Waals surface area contributed by atoms with E-state index >= 15 is 0 Å². The topological polar surface area (TPSA) is 103 Å². The third-order valence-corrected chi connectivity index (χ3v) is 3.53. The minimum Gasteiger partial charge on any atom is -0.351 e. The average molecular weight is 317 g/mol. The smallest absolute Gasteiger partial charge is 0.241 e. The number of hydrogen-bond acceptors (Lipinski definition) is 7. The monoisotopic (exact) mass is 316 g/mol. The van der Waals surface area contributed by atoms with Gasteiger partial charge in [0.05, 0.1) is 5.75 Å². The highest BCUT2D eigenvalue weighted by Gasteiger charge is 2.13. The van der Waals surface area contributed by atoms with E-state index in [0.29, 0.717) is 5.95 Å². The van der Waals surface area contributed by atoms with Gasteiger partial charge in [0.25, 0.3) is 0 Å². The quantitative estimate of drug-likeness (QED) is 0.859. The van der Waals surface area contributed by atoms with Crippen molar-refractivity contribution in [2.75, 3.05) is 17.3 Å². The number of rotatable bonds is 5. The van der Waals surface area contributed by atoms with E-state index in [4.69, 9.17) is 11.6 Å². The highest BCUT2D eigenvalue weighted by Crippen LogP contribution is 2.10. The third-order valence-electron chi connectivity index (χ3n) is 2.26. The molecule has 0 saturated carbocycles. The summed E-state index contributed by atoms with van der Waals surface area (Å²) in [4.78, 5) is 15.9. The lowest BCUT2D eigenvalue weighted by Crippen LogP contribution is -2.26. The number of hydrogen-bond donors (Lipinski definition) is 1. The van der Waals surface area contributed by atoms with Gasteiger partial charge in [0.2, 0.25) is 17.2 Å². The maximum Gasteiger partial charge on any atom is 0.241 e. The van der Waals surface area contributed by atoms with Crippen LogP contribution in [0.15, 0.2) is 18.7 Å². The molecule has 108 valence electrons. The summed E-state index contributed by atoms with van der Waals surface area (Å²) in [5.41, 5.74) is 0. The molecular formula is C10H13ClN6O2S. The van der Waals surface area contributed by atoms with E-state index in [-0.39, 0.29) is 23.0 Å². The summed E-state index contributed by atoms with van der Waals surface area (Å²) < 4.78 is 24.0. The van der Waals surface area contributed by atoms with Gasteiger partial charge in [-0.3, -0.25) is 4.57 Å². The van der Waals surface area contributed by atoms with Crippen LogP contribution < -0.4 is 5.32 Å². The van der Waals surface area contributed by atoms with Crippen LogP contribution in [0.2, 0.25) is 5.28 Å². The van der Waals surface area contributed by atoms with Gasteiger partial charge in [0, 0.05) is 24.7 Å². The van der Waals surface area contributed by atoms with Gasteiger partial charge >= 0.3 is 0 Å². The standard InChI is InChI=1S/C10H13ClN6O2S/c1-7(5-20(2,18)19)13-9-14-8(11)15-10(16-9)17-4-3-12-6-17/h3-4,6-7H,5H2,1-2H3,(H,13,14,15,16). The zero-order chi connectivity index (χ0) is 14.8. The van der Waals surface area contributed by atoms with Crippen molar-refractivity contribution in [1.82, 2.24) is 24.5 Å². The number of imidazole rings is 1. The molecule has 2 aromatic heterocycles. The lowest BCUT2D eigenvalue weighted by Gasteiger charge is -2.13. The van der Waals surface area contributed by atoms with E-state index < -0.39 is 9.84 Å². The largest absolute Gasteiger partial charge is 0.351 e. The van der Waals surface area contributed by atoms with E-state index in [2.05, 4.69) is 25.3 Å². The molecule has 0 bridgehead atoms. The molecular weight excluding hydrogens is 304 g/mol. The molecule has 1 unspecified atom stereocenters. The van der Waals surface area contributed by atoms with Gasteiger partial charge in [-0.05, 0) is 18.5 Å². The van der Waals surface area contributed by atoms with E-state index in [1.54, 1.807) is 23.9 Å². The van der Waals surface area contributed by atoms with Gasteiger partial charge in [0.15, 0.2) is 0 Å². The summed E-state index contributed by atoms with van der Waals surface area (Å²) in [5.74, 6) is 0.484. The number of sulfone groups is 1. The summed E-state index contributed by atoms with van der Waals surface area (Å²) in [6.07, 6.45) is 5.93. The molecule has 0 aliphatic heterocycles. The van der Waals surface area contributed by atoms with Crippen molar-refractivity contribution >= 4 is 27.4 Å². The molecule has 0 radical (unpaired) electrons. The lowest BCUT2D eigenvalue weighted by atomic mass is 10.4. The second-order valence-electron chi connectivity index (χ2n) is 4.34. The highest BCUT2D eigenvalue weighted by molar-refractivity contribution is 7.90. The van der Waals surface area contributed by atoms with E-state index in [1.807, 2.05) is 0 Å². The summed E-state index contributed by atoms with van der Waals surface area (Å²) in [5, 5.41) is 2.89. The minimum absolute atomic E-state index is 0.0118. The summed E-state index contributed by atoms with van der Waals surface area (Å²) in [6.45, 7) is 1.72. The molecule has 0 saturated heterocycles. The SMILES string of the molecule is CC(CS(C)(=O)=O)Nc1nc(Cl)nc(-n2ccnc2)n1. The summed E-state index contributed by atoms with van der Waals surface area (Å²) >= 11 is 5.83. The van der Waals surface area contributed by atoms with E-state index in [9.17, 15) is 8.42 Å². The second kappa shape index (κ2) is 5.71. The summed E-state index contributed by atoms with van der Waals surface area (Å²) in [6, 6.07) is -0.348. The summed E-state index contributed by atoms with van der Waals surface area (Å²) in [7, 11) is -3.09. The molecule has 10 heteroatoms. The van der Waals surface area contributed by atoms with Gasteiger partial charge in [-0.1, -0.05) is 0 Å². The van der Waals surface area contributed by atoms with Crippen LogP contribution in [-0.2, 0) is 9.84 Å². The molecule has 0 spiro atoms. The Morgan fingerprint density at radius 3 is 2.75 bits per heavy atom. The van der Waals surface area contributed by atoms with Gasteiger partial charge in [0.1, 0.15) is 16.2 Å². The third kappa shape index (κ3) is 4.14. The Morgan fingerprint density at radius 2 is 2.15 bits per heavy atom. The minimum atomic E-state index is -3.09. The molecule has 2 aromatic rings. The van der Waals surface area contributed by atoms with Crippen LogP contribution in [0.3, 0.4) is 0 Å². The normalized spacial score (nSPS) is 13.2. The van der Waals surface area contributed by atoms with E-state index in [1.165, 1.54) is 12.6 Å². The Kier molecular flexibility index (Phi) is 4.19. The van der Waals surface area contributed by atoms with Crippen molar-refractivity contribution in [2.24, 2.45) is 0 Å². The van der Waals surface area contributed by atoms with Crippen molar-refractivity contribution in [3.8, 4) is 5.95 Å². The number of aromatic nitrogens is 5. The Hall–Kier alpha value is -1.74. The Labute approximate surface area is 121 Å². The van der Waals surface area contributed by atoms with Gasteiger partial charge in [-0.2, -0.15) is 15.0 Å². The van der Waals surface area contributed by atoms with Crippen molar-refractivity contribution in [1.29, 1.82) is 0 Å². The van der Waals surface area contributed by atoms with Crippen molar-refractivity contribution in [2.45, 2.75) is 13.0 Å². The molecule has 1 atom stereocenters. The van der Waals surface area contributed by atoms with Gasteiger partial charge < -0.3 is 5.32 Å². The van der Waals surface area contributed by atoms with Crippen molar-refractivity contribution in [3.05, 3.63) is 24.0 Å². The molecule has 8 nitrogen and oxygen atoms in total. The Bertz CT molecular complexity index is 688. The first kappa shape index (κ1) is 14.7. The Balaban J connectivity index is 2.21. The van der Waals surface area contributed by atoms with Crippen LogP contribution in [0.5, 0.6) is 0 Å². The Morgan fingerprint density at radius 1 is 1.40 bits per heavy atom. The number of halogens is 1. The molecule has 0 fully saturated rings. The van der Waals surface area contributed by atoms with Crippen LogP contribution in [0, 0.1) is 0 Å². The average Bonchev–Trinajstić information content (AvgIpc) is 2.78. The van der Waals surface area contributed by atoms with Gasteiger partial charge in [-0.25, -0.2) is 13.4 Å². The molecule has 2 heterocycles. The fraction of sp³-hybridized carbons (Fsp3) is 0.400. The molecule has 0 amide bonds. The number of anilines is 1. The zero-order valence-corrected chi connectivity index (χ0v) is 12.4. The lowest BCUT2D eigenvalue weighted by molar-refractivity contribution is 0.597. The second-order valence-corrected chi connectivity index (χ2v) is 6.86. The predicted octanol–water partition coefficient (Wildman–Crippen LogP) is 0.556. The maximum atomic E-state index is 11.2. The van der Waals surface area contributed by atoms with Crippen LogP contribution in [0.25, 0.3) is 5.95 Å². The van der Waals surface area contributed by atoms with Crippen LogP contribution >= 0.6 is 11.6 Å². The first-order chi connectivity index (χ1) is 9.33. The van der Waals surface area contributed by atoms with Crippen LogP contribution in [0.1, 0.15) is 6.92 Å². The fourth-order valence-corrected chi connectivity index (χ4v) is 2.76. The van der Waals surface area contributed by atoms with Crippen molar-refractivity contribution < 1.29 is 8.42 Å². The number of nitrogens with zero attached hydrogens (tertiary/aromatic N) is 5. The van der Waals surface area contributed by atoms with Crippen molar-refractivity contribution in [3.63, 3.8) is 0 Å². The first-order valence-electron chi connectivity index (χ1n) is 5.67. The zero-order valence-electron chi connectivity index (χ0n) is 10.9. The maximum absolute atomic E-state index is 11.2. The van der Waals surface area contributed by atoms with Crippen LogP contribution in [0.4, 0.5) is 5.95 Å². The van der Waals surface area contributed by atoms with Crippen LogP contribution in [-0.4, -0.2) is 51.0 Å². The first-order valence-corrected chi connectivity index (χ1v) is 8.11. The number of nitrogens with one attached hydrogen (secondary N) is 1. The fourth-order valence-electron chi connectivity index (χ4n) is 1.61. The molecule has 20 heavy (non-hydrogen) atoms.